The summed E-state index contributed by atoms with van der Waals surface area (Å²) in [5, 5.41) is 0. The van der Waals surface area contributed by atoms with Gasteiger partial charge < -0.3 is 0 Å². The van der Waals surface area contributed by atoms with Gasteiger partial charge in [0, 0.05) is 67.3 Å². The predicted molar refractivity (Wildman–Crippen MR) is 170 cm³/mol. The summed E-state index contributed by atoms with van der Waals surface area (Å²) in [7, 11) is 0. The second-order valence-corrected chi connectivity index (χ2v) is 6.93. The molecule has 0 saturated heterocycles. The summed E-state index contributed by atoms with van der Waals surface area (Å²) in [5.41, 5.74) is 0. The zero-order chi connectivity index (χ0) is 25.5. The van der Waals surface area contributed by atoms with Crippen molar-refractivity contribution in [1.29, 1.82) is 0 Å². The van der Waals surface area contributed by atoms with E-state index in [4.69, 9.17) is 0 Å². The van der Waals surface area contributed by atoms with Crippen molar-refractivity contribution < 1.29 is 19.5 Å². The second-order valence-electron chi connectivity index (χ2n) is 6.93. The van der Waals surface area contributed by atoms with Gasteiger partial charge in [0.1, 0.15) is 0 Å². The van der Waals surface area contributed by atoms with Crippen molar-refractivity contribution in [3.63, 3.8) is 0 Å². The van der Waals surface area contributed by atoms with Gasteiger partial charge in [0.2, 0.25) is 0 Å². The molecule has 0 aromatic heterocycles. The average Bonchev–Trinajstić information content (AvgIpc) is 3.04. The van der Waals surface area contributed by atoms with Gasteiger partial charge in [-0.2, -0.15) is 0 Å². The minimum atomic E-state index is 0. The maximum absolute atomic E-state index is 2.00. The van der Waals surface area contributed by atoms with E-state index in [0.29, 0.717) is 0 Å². The molecular weight excluding hydrogens is 735 g/mol. The van der Waals surface area contributed by atoms with Crippen LogP contribution in [0.5, 0.6) is 0 Å². The number of rotatable bonds is 0. The van der Waals surface area contributed by atoms with Gasteiger partial charge in [0.05, 0.1) is 0 Å². The second kappa shape index (κ2) is 37.7. The third-order valence-corrected chi connectivity index (χ3v) is 4.00. The first-order chi connectivity index (χ1) is 18.0. The van der Waals surface area contributed by atoms with Crippen molar-refractivity contribution in [2.75, 3.05) is 0 Å². The van der Waals surface area contributed by atoms with Crippen molar-refractivity contribution in [1.82, 2.24) is 0 Å². The quantitative estimate of drug-likeness (QED) is 0.135. The fourth-order valence-electron chi connectivity index (χ4n) is 2.31. The van der Waals surface area contributed by atoms with E-state index in [1.54, 1.807) is 0 Å². The van der Waals surface area contributed by atoms with E-state index in [1.807, 2.05) is 218 Å². The molecule has 0 unspecified atom stereocenters. The molecule has 0 atom stereocenters. The van der Waals surface area contributed by atoms with Crippen LogP contribution in [0.15, 0.2) is 218 Å². The van der Waals surface area contributed by atoms with Crippen molar-refractivity contribution in [2.24, 2.45) is 0 Å². The van der Waals surface area contributed by atoms with Crippen LogP contribution in [-0.2, 0) is 19.5 Å². The zero-order valence-corrected chi connectivity index (χ0v) is 31.2. The van der Waals surface area contributed by atoms with Gasteiger partial charge in [-0.3, -0.25) is 0 Å². The summed E-state index contributed by atoms with van der Waals surface area (Å²) < 4.78 is 0. The third kappa shape index (κ3) is 35.5. The summed E-state index contributed by atoms with van der Waals surface area (Å²) in [5.74, 6) is 0. The molecule has 6 rings (SSSR count). The SMILES string of the molecule is [Sn].[Sn].[Zn].c1ccccc1.c1ccccc1.c1ccccc1.c1ccccc1.c1ccccc1.c1ccccc1. The molecule has 0 amide bonds. The Kier molecular flexibility index (Phi) is 39.7. The van der Waals surface area contributed by atoms with E-state index < -0.39 is 0 Å². The summed E-state index contributed by atoms with van der Waals surface area (Å²) >= 11 is 0. The molecule has 6 aromatic rings. The molecular formula is C36H36Sn2Zn. The van der Waals surface area contributed by atoms with Crippen molar-refractivity contribution in [2.45, 2.75) is 0 Å². The van der Waals surface area contributed by atoms with E-state index in [2.05, 4.69) is 0 Å². The molecule has 0 aliphatic carbocycles. The average molecular weight is 771 g/mol. The molecule has 0 nitrogen and oxygen atoms in total. The van der Waals surface area contributed by atoms with Crippen molar-refractivity contribution >= 4 is 47.8 Å². The minimum Gasteiger partial charge on any atom is -0.0623 e. The van der Waals surface area contributed by atoms with Crippen LogP contribution in [0.2, 0.25) is 0 Å². The van der Waals surface area contributed by atoms with Crippen molar-refractivity contribution in [3.8, 4) is 0 Å². The van der Waals surface area contributed by atoms with Crippen LogP contribution in [0.25, 0.3) is 0 Å². The predicted octanol–water partition coefficient (Wildman–Crippen LogP) is 9.36. The molecule has 8 radical (unpaired) electrons. The van der Waals surface area contributed by atoms with Gasteiger partial charge in [-0.05, 0) is 0 Å². The Hall–Kier alpha value is -2.46. The molecule has 0 spiro atoms. The van der Waals surface area contributed by atoms with Crippen LogP contribution in [0, 0.1) is 0 Å². The minimum absolute atomic E-state index is 0. The molecule has 6 aromatic carbocycles. The van der Waals surface area contributed by atoms with Gasteiger partial charge in [-0.1, -0.05) is 218 Å². The van der Waals surface area contributed by atoms with Gasteiger partial charge in [0.15, 0.2) is 0 Å². The van der Waals surface area contributed by atoms with Gasteiger partial charge >= 0.3 is 0 Å². The maximum Gasteiger partial charge on any atom is 0 e. The monoisotopic (exact) mass is 772 g/mol. The largest absolute Gasteiger partial charge is 0.0623 e. The summed E-state index contributed by atoms with van der Waals surface area (Å²) in [4.78, 5) is 0. The van der Waals surface area contributed by atoms with E-state index in [0.717, 1.165) is 0 Å². The molecule has 0 saturated carbocycles. The zero-order valence-electron chi connectivity index (χ0n) is 22.5. The van der Waals surface area contributed by atoms with Crippen molar-refractivity contribution in [3.05, 3.63) is 218 Å². The normalized spacial score (nSPS) is 7.38. The van der Waals surface area contributed by atoms with Gasteiger partial charge in [-0.25, -0.2) is 0 Å². The molecule has 39 heavy (non-hydrogen) atoms. The Balaban J connectivity index is -0.000000393. The van der Waals surface area contributed by atoms with Crippen LogP contribution in [0.3, 0.4) is 0 Å². The van der Waals surface area contributed by atoms with Crippen LogP contribution in [0.4, 0.5) is 0 Å². The standard InChI is InChI=1S/6C6H6.2Sn.Zn/c6*1-2-4-6-5-3-1;;;/h6*1-6H;;;. The third-order valence-electron chi connectivity index (χ3n) is 4.00. The fraction of sp³-hybridized carbons (Fsp3) is 0. The Bertz CT molecular complexity index is 694. The Labute approximate surface area is 283 Å². The van der Waals surface area contributed by atoms with E-state index in [1.165, 1.54) is 0 Å². The van der Waals surface area contributed by atoms with E-state index >= 15 is 0 Å². The summed E-state index contributed by atoms with van der Waals surface area (Å²) in [6, 6.07) is 72.0. The number of hydrogen-bond donors (Lipinski definition) is 0. The molecule has 3 heteroatoms. The molecule has 0 N–H and O–H groups in total. The molecule has 0 heterocycles. The first kappa shape index (κ1) is 41.0. The molecule has 190 valence electrons. The molecule has 0 aliphatic rings. The van der Waals surface area contributed by atoms with Gasteiger partial charge in [-0.15, -0.1) is 0 Å². The Morgan fingerprint density at radius 2 is 0.128 bits per heavy atom. The number of benzene rings is 6. The molecule has 0 aliphatic heterocycles. The van der Waals surface area contributed by atoms with Gasteiger partial charge in [0.25, 0.3) is 0 Å². The van der Waals surface area contributed by atoms with E-state index in [-0.39, 0.29) is 67.3 Å². The topological polar surface area (TPSA) is 0 Å². The molecule has 0 bridgehead atoms. The first-order valence-electron chi connectivity index (χ1n) is 12.0. The smallest absolute Gasteiger partial charge is 0 e. The summed E-state index contributed by atoms with van der Waals surface area (Å²) in [6.45, 7) is 0. The van der Waals surface area contributed by atoms with Crippen LogP contribution >= 0.6 is 0 Å². The molecule has 0 fully saturated rings. The Morgan fingerprint density at radius 1 is 0.103 bits per heavy atom. The Morgan fingerprint density at radius 3 is 0.154 bits per heavy atom. The maximum atomic E-state index is 2.00. The van der Waals surface area contributed by atoms with E-state index in [9.17, 15) is 0 Å². The number of hydrogen-bond acceptors (Lipinski definition) is 0. The summed E-state index contributed by atoms with van der Waals surface area (Å²) in [6.07, 6.45) is 0. The van der Waals surface area contributed by atoms with Crippen LogP contribution in [-0.4, -0.2) is 47.8 Å². The van der Waals surface area contributed by atoms with Crippen LogP contribution < -0.4 is 0 Å². The fourth-order valence-corrected chi connectivity index (χ4v) is 2.31. The first-order valence-corrected chi connectivity index (χ1v) is 12.0. The van der Waals surface area contributed by atoms with Crippen LogP contribution in [0.1, 0.15) is 0 Å².